The van der Waals surface area contributed by atoms with Crippen LogP contribution in [-0.2, 0) is 16.0 Å². The van der Waals surface area contributed by atoms with E-state index < -0.39 is 0 Å². The van der Waals surface area contributed by atoms with Crippen molar-refractivity contribution < 1.29 is 9.59 Å². The molecule has 1 aromatic carbocycles. The molecule has 0 spiro atoms. The van der Waals surface area contributed by atoms with Gasteiger partial charge in [-0.25, -0.2) is 0 Å². The fraction of sp³-hybridized carbons (Fsp3) is 0.292. The summed E-state index contributed by atoms with van der Waals surface area (Å²) in [7, 11) is 0. The molecule has 1 fully saturated rings. The van der Waals surface area contributed by atoms with Gasteiger partial charge in [0.15, 0.2) is 0 Å². The molecule has 2 amide bonds. The van der Waals surface area contributed by atoms with E-state index in [1.165, 1.54) is 6.92 Å². The minimum Gasteiger partial charge on any atom is -0.342 e. The zero-order chi connectivity index (χ0) is 21.6. The first-order valence-electron chi connectivity index (χ1n) is 10.5. The number of hydrogen-bond acceptors (Lipinski definition) is 5. The Morgan fingerprint density at radius 3 is 2.81 bits per heavy atom. The summed E-state index contributed by atoms with van der Waals surface area (Å²) in [6.07, 6.45) is 9.06. The first-order valence-corrected chi connectivity index (χ1v) is 10.5. The highest BCUT2D eigenvalue weighted by molar-refractivity contribution is 5.89. The Hall–Kier alpha value is -3.61. The molecule has 0 saturated carbocycles. The molecular weight excluding hydrogens is 390 g/mol. The Kier molecular flexibility index (Phi) is 6.31. The van der Waals surface area contributed by atoms with E-state index in [2.05, 4.69) is 20.3 Å². The molecule has 1 N–H and O–H groups in total. The average molecular weight is 415 g/mol. The Bertz CT molecular complexity index is 1070. The largest absolute Gasteiger partial charge is 0.342 e. The highest BCUT2D eigenvalue weighted by Gasteiger charge is 2.28. The number of rotatable bonds is 5. The van der Waals surface area contributed by atoms with Gasteiger partial charge in [0, 0.05) is 62.0 Å². The number of aromatic nitrogens is 3. The number of nitrogens with zero attached hydrogens (tertiary/aromatic N) is 4. The lowest BCUT2D eigenvalue weighted by atomic mass is 9.91. The maximum atomic E-state index is 12.9. The first kappa shape index (κ1) is 20.7. The van der Waals surface area contributed by atoms with Crippen molar-refractivity contribution in [1.82, 2.24) is 19.9 Å². The molecule has 1 aliphatic heterocycles. The minimum absolute atomic E-state index is 0.107. The molecule has 7 nitrogen and oxygen atoms in total. The van der Waals surface area contributed by atoms with Crippen molar-refractivity contribution in [2.45, 2.75) is 32.1 Å². The Balaban J connectivity index is 1.55. The zero-order valence-electron chi connectivity index (χ0n) is 17.5. The summed E-state index contributed by atoms with van der Waals surface area (Å²) >= 11 is 0. The zero-order valence-corrected chi connectivity index (χ0v) is 17.5. The minimum atomic E-state index is -0.119. The third-order valence-corrected chi connectivity index (χ3v) is 5.42. The number of likely N-dealkylation sites (tertiary alicyclic amines) is 1. The van der Waals surface area contributed by atoms with Crippen molar-refractivity contribution in [3.05, 3.63) is 72.4 Å². The van der Waals surface area contributed by atoms with Crippen LogP contribution < -0.4 is 5.32 Å². The summed E-state index contributed by atoms with van der Waals surface area (Å²) in [5.41, 5.74) is 4.22. The molecule has 1 atom stereocenters. The van der Waals surface area contributed by atoms with Crippen LogP contribution >= 0.6 is 0 Å². The molecule has 1 unspecified atom stereocenters. The van der Waals surface area contributed by atoms with Crippen molar-refractivity contribution in [3.63, 3.8) is 0 Å². The molecular formula is C24H25N5O2. The molecule has 1 saturated heterocycles. The van der Waals surface area contributed by atoms with Crippen LogP contribution in [0, 0.1) is 0 Å². The SMILES string of the molecule is CC(=O)Nc1cccc(-c2nccnc2C2CCCN(C(=O)Cc3cccnc3)C2)c1. The quantitative estimate of drug-likeness (QED) is 0.690. The van der Waals surface area contributed by atoms with Gasteiger partial charge in [-0.1, -0.05) is 18.2 Å². The van der Waals surface area contributed by atoms with Gasteiger partial charge in [0.1, 0.15) is 0 Å². The molecule has 158 valence electrons. The van der Waals surface area contributed by atoms with Crippen molar-refractivity contribution in [2.75, 3.05) is 18.4 Å². The van der Waals surface area contributed by atoms with E-state index in [-0.39, 0.29) is 17.7 Å². The van der Waals surface area contributed by atoms with Crippen molar-refractivity contribution in [3.8, 4) is 11.3 Å². The van der Waals surface area contributed by atoms with Crippen LogP contribution in [0.25, 0.3) is 11.3 Å². The lowest BCUT2D eigenvalue weighted by molar-refractivity contribution is -0.131. The lowest BCUT2D eigenvalue weighted by Crippen LogP contribution is -2.40. The molecule has 2 aromatic heterocycles. The van der Waals surface area contributed by atoms with E-state index in [1.807, 2.05) is 41.3 Å². The molecule has 31 heavy (non-hydrogen) atoms. The number of amides is 2. The highest BCUT2D eigenvalue weighted by Crippen LogP contribution is 2.32. The lowest BCUT2D eigenvalue weighted by Gasteiger charge is -2.33. The van der Waals surface area contributed by atoms with Crippen LogP contribution in [0.4, 0.5) is 5.69 Å². The summed E-state index contributed by atoms with van der Waals surface area (Å²) in [5, 5.41) is 2.81. The molecule has 0 bridgehead atoms. The summed E-state index contributed by atoms with van der Waals surface area (Å²) < 4.78 is 0. The van der Waals surface area contributed by atoms with E-state index in [4.69, 9.17) is 0 Å². The second-order valence-corrected chi connectivity index (χ2v) is 7.77. The monoisotopic (exact) mass is 415 g/mol. The van der Waals surface area contributed by atoms with Crippen molar-refractivity contribution in [1.29, 1.82) is 0 Å². The van der Waals surface area contributed by atoms with Crippen LogP contribution in [0.3, 0.4) is 0 Å². The second-order valence-electron chi connectivity index (χ2n) is 7.77. The molecule has 0 aliphatic carbocycles. The predicted molar refractivity (Wildman–Crippen MR) is 118 cm³/mol. The standard InChI is InChI=1S/C24H25N5O2/c1-17(30)28-21-8-2-6-19(14-21)23-24(27-11-10-26-23)20-7-4-12-29(16-20)22(31)13-18-5-3-9-25-15-18/h2-3,5-6,8-11,14-15,20H,4,7,12-13,16H2,1H3,(H,28,30). The molecule has 4 rings (SSSR count). The van der Waals surface area contributed by atoms with Crippen molar-refractivity contribution >= 4 is 17.5 Å². The number of piperidine rings is 1. The Morgan fingerprint density at radius 1 is 1.13 bits per heavy atom. The average Bonchev–Trinajstić information content (AvgIpc) is 2.79. The maximum Gasteiger partial charge on any atom is 0.227 e. The van der Waals surface area contributed by atoms with E-state index in [9.17, 15) is 9.59 Å². The number of nitrogens with one attached hydrogen (secondary N) is 1. The highest BCUT2D eigenvalue weighted by atomic mass is 16.2. The van der Waals surface area contributed by atoms with Gasteiger partial charge in [-0.2, -0.15) is 0 Å². The smallest absolute Gasteiger partial charge is 0.227 e. The number of carbonyl (C=O) groups is 2. The Morgan fingerprint density at radius 2 is 2.00 bits per heavy atom. The van der Waals surface area contributed by atoms with Crippen LogP contribution in [0.1, 0.15) is 36.9 Å². The fourth-order valence-corrected chi connectivity index (χ4v) is 4.03. The van der Waals surface area contributed by atoms with Gasteiger partial charge >= 0.3 is 0 Å². The van der Waals surface area contributed by atoms with Crippen LogP contribution in [0.15, 0.2) is 61.2 Å². The van der Waals surface area contributed by atoms with E-state index in [0.717, 1.165) is 47.6 Å². The van der Waals surface area contributed by atoms with Crippen LogP contribution in [-0.4, -0.2) is 44.8 Å². The summed E-state index contributed by atoms with van der Waals surface area (Å²) in [5.74, 6) is 0.0992. The molecule has 3 aromatic rings. The number of carbonyl (C=O) groups excluding carboxylic acids is 2. The van der Waals surface area contributed by atoms with Crippen LogP contribution in [0.2, 0.25) is 0 Å². The van der Waals surface area contributed by atoms with E-state index >= 15 is 0 Å². The summed E-state index contributed by atoms with van der Waals surface area (Å²) in [6.45, 7) is 2.86. The van der Waals surface area contributed by atoms with Gasteiger partial charge < -0.3 is 10.2 Å². The topological polar surface area (TPSA) is 88.1 Å². The summed E-state index contributed by atoms with van der Waals surface area (Å²) in [6, 6.07) is 11.4. The van der Waals surface area contributed by atoms with Gasteiger partial charge in [-0.05, 0) is 36.6 Å². The van der Waals surface area contributed by atoms with Gasteiger partial charge in [0.25, 0.3) is 0 Å². The number of anilines is 1. The van der Waals surface area contributed by atoms with Gasteiger partial charge in [0.2, 0.25) is 11.8 Å². The van der Waals surface area contributed by atoms with Crippen molar-refractivity contribution in [2.24, 2.45) is 0 Å². The molecule has 0 radical (unpaired) electrons. The third-order valence-electron chi connectivity index (χ3n) is 5.42. The van der Waals surface area contributed by atoms with Gasteiger partial charge in [0.05, 0.1) is 17.8 Å². The Labute approximate surface area is 181 Å². The van der Waals surface area contributed by atoms with Crippen LogP contribution in [0.5, 0.6) is 0 Å². The molecule has 7 heteroatoms. The first-order chi connectivity index (χ1) is 15.1. The number of pyridine rings is 1. The molecule has 3 heterocycles. The van der Waals surface area contributed by atoms with E-state index in [1.54, 1.807) is 24.8 Å². The predicted octanol–water partition coefficient (Wildman–Crippen LogP) is 3.45. The number of hydrogen-bond donors (Lipinski definition) is 1. The number of benzene rings is 1. The normalized spacial score (nSPS) is 16.0. The molecule has 1 aliphatic rings. The second kappa shape index (κ2) is 9.47. The summed E-state index contributed by atoms with van der Waals surface area (Å²) in [4.78, 5) is 39.6. The maximum absolute atomic E-state index is 12.9. The van der Waals surface area contributed by atoms with E-state index in [0.29, 0.717) is 13.0 Å². The fourth-order valence-electron chi connectivity index (χ4n) is 4.03. The van der Waals surface area contributed by atoms with Gasteiger partial charge in [-0.3, -0.25) is 24.5 Å². The third kappa shape index (κ3) is 5.12. The van der Waals surface area contributed by atoms with Gasteiger partial charge in [-0.15, -0.1) is 0 Å².